The van der Waals surface area contributed by atoms with Gasteiger partial charge in [-0.15, -0.1) is 0 Å². The average Bonchev–Trinajstić information content (AvgIpc) is 2.98. The van der Waals surface area contributed by atoms with Gasteiger partial charge in [0.1, 0.15) is 11.5 Å². The maximum atomic E-state index is 14.1. The Kier molecular flexibility index (Phi) is 6.36. The highest BCUT2D eigenvalue weighted by Gasteiger charge is 2.22. The Morgan fingerprint density at radius 2 is 1.52 bits per heavy atom. The molecule has 2 amide bonds. The molecule has 1 fully saturated rings. The summed E-state index contributed by atoms with van der Waals surface area (Å²) in [5.41, 5.74) is 0.806. The van der Waals surface area contributed by atoms with Crippen molar-refractivity contribution in [3.63, 3.8) is 0 Å². The van der Waals surface area contributed by atoms with Crippen LogP contribution in [0.2, 0.25) is 0 Å². The zero-order chi connectivity index (χ0) is 19.1. The van der Waals surface area contributed by atoms with Gasteiger partial charge in [-0.2, -0.15) is 0 Å². The summed E-state index contributed by atoms with van der Waals surface area (Å²) in [6, 6.07) is 14.9. The highest BCUT2D eigenvalue weighted by Crippen LogP contribution is 2.16. The van der Waals surface area contributed by atoms with Crippen molar-refractivity contribution in [2.75, 3.05) is 13.1 Å². The second kappa shape index (κ2) is 9.12. The maximum Gasteiger partial charge on any atom is 0.270 e. The molecule has 0 spiro atoms. The molecule has 1 aliphatic rings. The van der Waals surface area contributed by atoms with Crippen LogP contribution < -0.4 is 5.32 Å². The van der Waals surface area contributed by atoms with Crippen LogP contribution in [0.5, 0.6) is 0 Å². The molecule has 3 rings (SSSR count). The first-order chi connectivity index (χ1) is 13.1. The Hall–Kier alpha value is -2.95. The molecule has 1 saturated heterocycles. The smallest absolute Gasteiger partial charge is 0.270 e. The first-order valence-electron chi connectivity index (χ1n) is 9.27. The lowest BCUT2D eigenvalue weighted by Gasteiger charge is -2.22. The molecule has 2 aromatic carbocycles. The molecular formula is C22H23FN2O2. The van der Waals surface area contributed by atoms with Gasteiger partial charge in [-0.05, 0) is 37.1 Å². The molecule has 0 aliphatic carbocycles. The third-order valence-electron chi connectivity index (χ3n) is 4.61. The zero-order valence-electron chi connectivity index (χ0n) is 15.2. The van der Waals surface area contributed by atoms with E-state index in [1.54, 1.807) is 47.4 Å². The number of carbonyl (C=O) groups excluding carboxylic acids is 2. The number of amides is 2. The molecule has 0 bridgehead atoms. The predicted octanol–water partition coefficient (Wildman–Crippen LogP) is 4.00. The van der Waals surface area contributed by atoms with Crippen LogP contribution in [0.4, 0.5) is 4.39 Å². The van der Waals surface area contributed by atoms with Crippen molar-refractivity contribution in [3.8, 4) is 0 Å². The largest absolute Gasteiger partial charge is 0.337 e. The molecule has 27 heavy (non-hydrogen) atoms. The van der Waals surface area contributed by atoms with E-state index in [2.05, 4.69) is 5.32 Å². The van der Waals surface area contributed by atoms with Gasteiger partial charge < -0.3 is 10.2 Å². The Bertz CT molecular complexity index is 825. The van der Waals surface area contributed by atoms with Crippen LogP contribution in [0.1, 0.15) is 41.6 Å². The van der Waals surface area contributed by atoms with Crippen molar-refractivity contribution in [3.05, 3.63) is 77.2 Å². The molecule has 0 unspecified atom stereocenters. The van der Waals surface area contributed by atoms with Crippen molar-refractivity contribution in [1.29, 1.82) is 0 Å². The summed E-state index contributed by atoms with van der Waals surface area (Å²) in [7, 11) is 0. The monoisotopic (exact) mass is 366 g/mol. The van der Waals surface area contributed by atoms with Crippen LogP contribution >= 0.6 is 0 Å². The summed E-state index contributed by atoms with van der Waals surface area (Å²) in [4.78, 5) is 27.4. The van der Waals surface area contributed by atoms with Crippen molar-refractivity contribution in [1.82, 2.24) is 10.2 Å². The van der Waals surface area contributed by atoms with Crippen molar-refractivity contribution in [2.45, 2.75) is 25.7 Å². The predicted molar refractivity (Wildman–Crippen MR) is 103 cm³/mol. The molecule has 0 aromatic heterocycles. The third-order valence-corrected chi connectivity index (χ3v) is 4.61. The third kappa shape index (κ3) is 5.03. The molecule has 1 heterocycles. The van der Waals surface area contributed by atoms with E-state index in [9.17, 15) is 14.0 Å². The second-order valence-corrected chi connectivity index (χ2v) is 6.61. The first kappa shape index (κ1) is 18.8. The summed E-state index contributed by atoms with van der Waals surface area (Å²) in [5, 5.41) is 2.69. The zero-order valence-corrected chi connectivity index (χ0v) is 15.2. The van der Waals surface area contributed by atoms with E-state index in [1.807, 2.05) is 6.07 Å². The van der Waals surface area contributed by atoms with E-state index in [0.717, 1.165) is 25.7 Å². The fourth-order valence-corrected chi connectivity index (χ4v) is 3.13. The normalized spacial score (nSPS) is 15.1. The maximum absolute atomic E-state index is 14.1. The lowest BCUT2D eigenvalue weighted by molar-refractivity contribution is -0.127. The number of rotatable bonds is 4. The number of carbonyl (C=O) groups is 2. The summed E-state index contributed by atoms with van der Waals surface area (Å²) in [6.45, 7) is 1.29. The van der Waals surface area contributed by atoms with E-state index < -0.39 is 5.82 Å². The molecule has 0 saturated carbocycles. The molecule has 2 aromatic rings. The van der Waals surface area contributed by atoms with Gasteiger partial charge in [0.05, 0.1) is 0 Å². The summed E-state index contributed by atoms with van der Waals surface area (Å²) < 4.78 is 14.1. The van der Waals surface area contributed by atoms with E-state index in [0.29, 0.717) is 18.7 Å². The minimum atomic E-state index is -0.437. The van der Waals surface area contributed by atoms with Crippen LogP contribution in [-0.2, 0) is 4.79 Å². The number of halogens is 1. The highest BCUT2D eigenvalue weighted by atomic mass is 19.1. The summed E-state index contributed by atoms with van der Waals surface area (Å²) >= 11 is 0. The quantitative estimate of drug-likeness (QED) is 0.832. The van der Waals surface area contributed by atoms with Gasteiger partial charge in [-0.25, -0.2) is 4.39 Å². The van der Waals surface area contributed by atoms with Gasteiger partial charge in [-0.3, -0.25) is 9.59 Å². The van der Waals surface area contributed by atoms with E-state index in [-0.39, 0.29) is 23.1 Å². The van der Waals surface area contributed by atoms with Crippen molar-refractivity contribution < 1.29 is 14.0 Å². The van der Waals surface area contributed by atoms with Gasteiger partial charge >= 0.3 is 0 Å². The Morgan fingerprint density at radius 3 is 2.19 bits per heavy atom. The van der Waals surface area contributed by atoms with E-state index >= 15 is 0 Å². The standard InChI is InChI=1S/C22H23FN2O2/c23-19-13-7-6-12-18(19)16-20(22(27)25-14-8-1-2-9-15-25)24-21(26)17-10-4-3-5-11-17/h3-7,10-13,16H,1-2,8-9,14-15H2,(H,24,26)/b20-16-. The van der Waals surface area contributed by atoms with Gasteiger partial charge in [0.2, 0.25) is 0 Å². The molecular weight excluding hydrogens is 343 g/mol. The van der Waals surface area contributed by atoms with Crippen molar-refractivity contribution in [2.24, 2.45) is 0 Å². The van der Waals surface area contributed by atoms with Gasteiger partial charge in [0, 0.05) is 24.2 Å². The minimum absolute atomic E-state index is 0.0934. The summed E-state index contributed by atoms with van der Waals surface area (Å²) in [5.74, 6) is -1.10. The minimum Gasteiger partial charge on any atom is -0.337 e. The number of hydrogen-bond donors (Lipinski definition) is 1. The molecule has 0 atom stereocenters. The topological polar surface area (TPSA) is 49.4 Å². The first-order valence-corrected chi connectivity index (χ1v) is 9.27. The molecule has 1 N–H and O–H groups in total. The number of benzene rings is 2. The fourth-order valence-electron chi connectivity index (χ4n) is 3.13. The number of likely N-dealkylation sites (tertiary alicyclic amines) is 1. The lowest BCUT2D eigenvalue weighted by Crippen LogP contribution is -2.39. The van der Waals surface area contributed by atoms with Crippen LogP contribution in [0.15, 0.2) is 60.3 Å². The Morgan fingerprint density at radius 1 is 0.889 bits per heavy atom. The van der Waals surface area contributed by atoms with Crippen molar-refractivity contribution >= 4 is 17.9 Å². The van der Waals surface area contributed by atoms with Crippen LogP contribution in [0, 0.1) is 5.82 Å². The Balaban J connectivity index is 1.89. The molecule has 140 valence electrons. The van der Waals surface area contributed by atoms with Gasteiger partial charge in [0.15, 0.2) is 0 Å². The molecule has 4 nitrogen and oxygen atoms in total. The molecule has 5 heteroatoms. The van der Waals surface area contributed by atoms with Gasteiger partial charge in [0.25, 0.3) is 11.8 Å². The highest BCUT2D eigenvalue weighted by molar-refractivity contribution is 6.05. The molecule has 1 aliphatic heterocycles. The van der Waals surface area contributed by atoms with Crippen LogP contribution in [0.3, 0.4) is 0 Å². The fraction of sp³-hybridized carbons (Fsp3) is 0.273. The SMILES string of the molecule is O=C(N/C(=C\c1ccccc1F)C(=O)N1CCCCCC1)c1ccccc1. The lowest BCUT2D eigenvalue weighted by atomic mass is 10.1. The Labute approximate surface area is 158 Å². The number of hydrogen-bond acceptors (Lipinski definition) is 2. The number of nitrogens with zero attached hydrogens (tertiary/aromatic N) is 1. The van der Waals surface area contributed by atoms with Crippen LogP contribution in [0.25, 0.3) is 6.08 Å². The van der Waals surface area contributed by atoms with Crippen LogP contribution in [-0.4, -0.2) is 29.8 Å². The molecule has 0 radical (unpaired) electrons. The number of nitrogens with one attached hydrogen (secondary N) is 1. The van der Waals surface area contributed by atoms with E-state index in [4.69, 9.17) is 0 Å². The van der Waals surface area contributed by atoms with E-state index in [1.165, 1.54) is 12.1 Å². The second-order valence-electron chi connectivity index (χ2n) is 6.61. The summed E-state index contributed by atoms with van der Waals surface area (Å²) in [6.07, 6.45) is 5.47. The van der Waals surface area contributed by atoms with Gasteiger partial charge in [-0.1, -0.05) is 49.2 Å². The average molecular weight is 366 g/mol.